The van der Waals surface area contributed by atoms with Gasteiger partial charge in [-0.25, -0.2) is 0 Å². The molecule has 1 unspecified atom stereocenters. The first-order valence-corrected chi connectivity index (χ1v) is 10.4. The van der Waals surface area contributed by atoms with Gasteiger partial charge in [0, 0.05) is 26.2 Å². The molecule has 0 spiro atoms. The fourth-order valence-corrected chi connectivity index (χ4v) is 3.09. The predicted octanol–water partition coefficient (Wildman–Crippen LogP) is 2.53. The quantitative estimate of drug-likeness (QED) is 0.281. The molecule has 8 heteroatoms. The molecule has 0 saturated carbocycles. The van der Waals surface area contributed by atoms with Gasteiger partial charge in [0.1, 0.15) is 0 Å². The third-order valence-electron chi connectivity index (χ3n) is 4.45. The molecule has 29 heavy (non-hydrogen) atoms. The first-order valence-electron chi connectivity index (χ1n) is 10.4. The van der Waals surface area contributed by atoms with Crippen molar-refractivity contribution in [2.75, 3.05) is 59.6 Å². The minimum Gasteiger partial charge on any atom is -0.490 e. The van der Waals surface area contributed by atoms with Crippen LogP contribution in [0, 0.1) is 0 Å². The van der Waals surface area contributed by atoms with Crippen molar-refractivity contribution >= 4 is 29.9 Å². The molecule has 2 rings (SSSR count). The molecule has 1 saturated heterocycles. The zero-order chi connectivity index (χ0) is 20.2. The maximum atomic E-state index is 5.79. The summed E-state index contributed by atoms with van der Waals surface area (Å²) in [7, 11) is 2.12. The van der Waals surface area contributed by atoms with Gasteiger partial charge in [-0.05, 0) is 51.9 Å². The summed E-state index contributed by atoms with van der Waals surface area (Å²) in [4.78, 5) is 6.97. The van der Waals surface area contributed by atoms with E-state index in [1.807, 2.05) is 19.9 Å². The topological polar surface area (TPSA) is 67.4 Å². The van der Waals surface area contributed by atoms with Gasteiger partial charge in [-0.2, -0.15) is 0 Å². The van der Waals surface area contributed by atoms with Crippen molar-refractivity contribution in [1.82, 2.24) is 15.5 Å². The van der Waals surface area contributed by atoms with Crippen LogP contribution < -0.4 is 20.1 Å². The summed E-state index contributed by atoms with van der Waals surface area (Å²) in [5.41, 5.74) is 1.20. The van der Waals surface area contributed by atoms with Crippen molar-refractivity contribution in [3.63, 3.8) is 0 Å². The van der Waals surface area contributed by atoms with E-state index in [9.17, 15) is 0 Å². The molecule has 1 aromatic rings. The number of hydrogen-bond donors (Lipinski definition) is 2. The maximum absolute atomic E-state index is 5.79. The molecule has 1 fully saturated rings. The summed E-state index contributed by atoms with van der Waals surface area (Å²) in [6, 6.07) is 6.14. The number of ether oxygens (including phenoxy) is 3. The predicted molar refractivity (Wildman–Crippen MR) is 129 cm³/mol. The van der Waals surface area contributed by atoms with E-state index >= 15 is 0 Å². The van der Waals surface area contributed by atoms with Gasteiger partial charge >= 0.3 is 0 Å². The normalized spacial score (nSPS) is 17.4. The van der Waals surface area contributed by atoms with Crippen LogP contribution in [-0.2, 0) is 11.2 Å². The van der Waals surface area contributed by atoms with Crippen LogP contribution in [0.1, 0.15) is 26.3 Å². The van der Waals surface area contributed by atoms with Gasteiger partial charge < -0.3 is 29.7 Å². The monoisotopic (exact) mass is 520 g/mol. The highest BCUT2D eigenvalue weighted by Gasteiger charge is 2.17. The van der Waals surface area contributed by atoms with Gasteiger partial charge in [-0.3, -0.25) is 4.99 Å². The minimum atomic E-state index is 0. The number of halogens is 1. The standard InChI is InChI=1S/C21H36N4O3.HI/c1-5-22-21(24-15-18-16-25(4)12-13-28-18)23-11-10-17-8-9-19(26-6-2)20(14-17)27-7-3;/h8-9,14,18H,5-7,10-13,15-16H2,1-4H3,(H2,22,23,24);1H. The van der Waals surface area contributed by atoms with Gasteiger partial charge in [0.25, 0.3) is 0 Å². The number of guanidine groups is 1. The van der Waals surface area contributed by atoms with Gasteiger partial charge in [0.2, 0.25) is 0 Å². The fourth-order valence-electron chi connectivity index (χ4n) is 3.09. The van der Waals surface area contributed by atoms with E-state index in [0.717, 1.165) is 56.7 Å². The van der Waals surface area contributed by atoms with Crippen LogP contribution in [-0.4, -0.2) is 76.6 Å². The number of aliphatic imine (C=N–C) groups is 1. The lowest BCUT2D eigenvalue weighted by atomic mass is 10.1. The van der Waals surface area contributed by atoms with Crippen molar-refractivity contribution in [3.05, 3.63) is 23.8 Å². The van der Waals surface area contributed by atoms with Crippen LogP contribution in [0.2, 0.25) is 0 Å². The number of nitrogens with one attached hydrogen (secondary N) is 2. The number of nitrogens with zero attached hydrogens (tertiary/aromatic N) is 2. The van der Waals surface area contributed by atoms with E-state index in [0.29, 0.717) is 19.8 Å². The molecule has 1 atom stereocenters. The summed E-state index contributed by atoms with van der Waals surface area (Å²) in [5, 5.41) is 6.71. The van der Waals surface area contributed by atoms with Crippen molar-refractivity contribution in [3.8, 4) is 11.5 Å². The van der Waals surface area contributed by atoms with E-state index in [2.05, 4.69) is 46.6 Å². The highest BCUT2D eigenvalue weighted by molar-refractivity contribution is 14.0. The maximum Gasteiger partial charge on any atom is 0.191 e. The van der Waals surface area contributed by atoms with Crippen LogP contribution in [0.25, 0.3) is 0 Å². The van der Waals surface area contributed by atoms with Crippen LogP contribution in [0.4, 0.5) is 0 Å². The molecule has 166 valence electrons. The van der Waals surface area contributed by atoms with Gasteiger partial charge in [0.15, 0.2) is 17.5 Å². The number of hydrogen-bond acceptors (Lipinski definition) is 5. The fraction of sp³-hybridized carbons (Fsp3) is 0.667. The molecule has 1 aliphatic heterocycles. The molecule has 2 N–H and O–H groups in total. The minimum absolute atomic E-state index is 0. The summed E-state index contributed by atoms with van der Waals surface area (Å²) in [6.45, 7) is 12.3. The Hall–Kier alpha value is -1.26. The zero-order valence-corrected chi connectivity index (χ0v) is 20.5. The van der Waals surface area contributed by atoms with Crippen LogP contribution in [0.5, 0.6) is 11.5 Å². The van der Waals surface area contributed by atoms with Gasteiger partial charge in [-0.1, -0.05) is 6.07 Å². The lowest BCUT2D eigenvalue weighted by Crippen LogP contribution is -2.43. The molecular weight excluding hydrogens is 483 g/mol. The Labute approximate surface area is 192 Å². The Morgan fingerprint density at radius 1 is 1.17 bits per heavy atom. The first kappa shape index (κ1) is 25.8. The Balaban J connectivity index is 0.00000420. The van der Waals surface area contributed by atoms with E-state index in [4.69, 9.17) is 14.2 Å². The number of rotatable bonds is 10. The van der Waals surface area contributed by atoms with Crippen LogP contribution >= 0.6 is 24.0 Å². The number of likely N-dealkylation sites (N-methyl/N-ethyl adjacent to an activating group) is 1. The SMILES string of the molecule is CCNC(=NCC1CN(C)CCO1)NCCc1ccc(OCC)c(OCC)c1.I. The van der Waals surface area contributed by atoms with Crippen molar-refractivity contribution in [2.45, 2.75) is 33.3 Å². The zero-order valence-electron chi connectivity index (χ0n) is 18.2. The van der Waals surface area contributed by atoms with Crippen molar-refractivity contribution in [1.29, 1.82) is 0 Å². The van der Waals surface area contributed by atoms with Gasteiger partial charge in [-0.15, -0.1) is 24.0 Å². The lowest BCUT2D eigenvalue weighted by Gasteiger charge is -2.29. The second-order valence-corrected chi connectivity index (χ2v) is 6.80. The van der Waals surface area contributed by atoms with Crippen LogP contribution in [0.15, 0.2) is 23.2 Å². The number of benzene rings is 1. The molecule has 1 heterocycles. The molecule has 0 aliphatic carbocycles. The van der Waals surface area contributed by atoms with Crippen molar-refractivity contribution < 1.29 is 14.2 Å². The molecule has 0 amide bonds. The van der Waals surface area contributed by atoms with E-state index < -0.39 is 0 Å². The van der Waals surface area contributed by atoms with Crippen LogP contribution in [0.3, 0.4) is 0 Å². The highest BCUT2D eigenvalue weighted by atomic mass is 127. The van der Waals surface area contributed by atoms with E-state index in [-0.39, 0.29) is 30.1 Å². The third kappa shape index (κ3) is 9.39. The van der Waals surface area contributed by atoms with E-state index in [1.54, 1.807) is 0 Å². The first-order chi connectivity index (χ1) is 13.7. The summed E-state index contributed by atoms with van der Waals surface area (Å²) in [6.07, 6.45) is 1.04. The van der Waals surface area contributed by atoms with E-state index in [1.165, 1.54) is 5.56 Å². The molecule has 7 nitrogen and oxygen atoms in total. The third-order valence-corrected chi connectivity index (χ3v) is 4.45. The average Bonchev–Trinajstić information content (AvgIpc) is 2.68. The number of morpholine rings is 1. The average molecular weight is 520 g/mol. The smallest absolute Gasteiger partial charge is 0.191 e. The second kappa shape index (κ2) is 14.7. The second-order valence-electron chi connectivity index (χ2n) is 6.80. The molecule has 0 radical (unpaired) electrons. The van der Waals surface area contributed by atoms with Crippen molar-refractivity contribution in [2.24, 2.45) is 4.99 Å². The summed E-state index contributed by atoms with van der Waals surface area (Å²) in [5.74, 6) is 2.43. The summed E-state index contributed by atoms with van der Waals surface area (Å²) < 4.78 is 17.1. The Kier molecular flexibility index (Phi) is 13.0. The molecule has 0 bridgehead atoms. The lowest BCUT2D eigenvalue weighted by molar-refractivity contribution is -0.0136. The Morgan fingerprint density at radius 3 is 2.62 bits per heavy atom. The largest absolute Gasteiger partial charge is 0.490 e. The molecule has 0 aromatic heterocycles. The van der Waals surface area contributed by atoms with Gasteiger partial charge in [0.05, 0.1) is 32.5 Å². The molecular formula is C21H37IN4O3. The highest BCUT2D eigenvalue weighted by Crippen LogP contribution is 2.28. The summed E-state index contributed by atoms with van der Waals surface area (Å²) >= 11 is 0. The molecule has 1 aliphatic rings. The molecule has 1 aromatic carbocycles. The Morgan fingerprint density at radius 2 is 1.93 bits per heavy atom. The Bertz CT molecular complexity index is 616.